The molecule has 9 nitrogen and oxygen atoms in total. The van der Waals surface area contributed by atoms with Crippen molar-refractivity contribution in [3.63, 3.8) is 0 Å². The third-order valence-corrected chi connectivity index (χ3v) is 7.13. The van der Waals surface area contributed by atoms with Crippen LogP contribution in [0.3, 0.4) is 0 Å². The highest BCUT2D eigenvalue weighted by Gasteiger charge is 2.32. The van der Waals surface area contributed by atoms with Gasteiger partial charge in [-0.2, -0.15) is 0 Å². The molecule has 1 N–H and O–H groups in total. The minimum Gasteiger partial charge on any atom is -0.497 e. The first kappa shape index (κ1) is 24.1. The lowest BCUT2D eigenvalue weighted by atomic mass is 10.00. The SMILES string of the molecule is CCN1CCN([C@@H](c2cc3cc(C)cc(C)c3[nH]c2=O)c2nnnn2Cc2ccc(OC)cc2)CC1. The highest BCUT2D eigenvalue weighted by atomic mass is 16.5. The predicted molar refractivity (Wildman–Crippen MR) is 139 cm³/mol. The third-order valence-electron chi connectivity index (χ3n) is 7.13. The van der Waals surface area contributed by atoms with Crippen molar-refractivity contribution in [1.82, 2.24) is 35.0 Å². The Hall–Kier alpha value is -3.56. The summed E-state index contributed by atoms with van der Waals surface area (Å²) >= 11 is 0. The van der Waals surface area contributed by atoms with Gasteiger partial charge in [-0.3, -0.25) is 9.69 Å². The molecule has 3 heterocycles. The smallest absolute Gasteiger partial charge is 0.253 e. The molecule has 188 valence electrons. The van der Waals surface area contributed by atoms with Crippen molar-refractivity contribution in [2.75, 3.05) is 39.8 Å². The Labute approximate surface area is 210 Å². The predicted octanol–water partition coefficient (Wildman–Crippen LogP) is 2.92. The van der Waals surface area contributed by atoms with E-state index in [9.17, 15) is 4.79 Å². The maximum atomic E-state index is 13.5. The molecule has 0 aliphatic carbocycles. The van der Waals surface area contributed by atoms with Gasteiger partial charge in [0.1, 0.15) is 11.8 Å². The Kier molecular flexibility index (Phi) is 6.84. The summed E-state index contributed by atoms with van der Waals surface area (Å²) in [6.45, 7) is 11.4. The number of ether oxygens (including phenoxy) is 1. The van der Waals surface area contributed by atoms with Crippen LogP contribution in [0.4, 0.5) is 0 Å². The van der Waals surface area contributed by atoms with E-state index in [2.05, 4.69) is 56.3 Å². The first-order chi connectivity index (χ1) is 17.5. The van der Waals surface area contributed by atoms with Gasteiger partial charge in [-0.05, 0) is 71.6 Å². The zero-order valence-electron chi connectivity index (χ0n) is 21.4. The monoisotopic (exact) mass is 487 g/mol. The molecule has 1 aliphatic heterocycles. The molecule has 0 radical (unpaired) electrons. The molecule has 5 rings (SSSR count). The molecule has 4 aromatic rings. The Morgan fingerprint density at radius 3 is 2.50 bits per heavy atom. The Morgan fingerprint density at radius 1 is 1.06 bits per heavy atom. The Bertz CT molecular complexity index is 1400. The van der Waals surface area contributed by atoms with E-state index < -0.39 is 0 Å². The van der Waals surface area contributed by atoms with E-state index in [0.29, 0.717) is 17.9 Å². The van der Waals surface area contributed by atoms with Crippen molar-refractivity contribution in [3.05, 3.63) is 80.9 Å². The van der Waals surface area contributed by atoms with Gasteiger partial charge in [-0.15, -0.1) is 5.10 Å². The van der Waals surface area contributed by atoms with E-state index >= 15 is 0 Å². The van der Waals surface area contributed by atoms with Gasteiger partial charge in [0, 0.05) is 31.7 Å². The average molecular weight is 488 g/mol. The van der Waals surface area contributed by atoms with Crippen LogP contribution in [0.1, 0.15) is 41.0 Å². The summed E-state index contributed by atoms with van der Waals surface area (Å²) in [6.07, 6.45) is 0. The Balaban J connectivity index is 1.59. The zero-order chi connectivity index (χ0) is 25.2. The van der Waals surface area contributed by atoms with Gasteiger partial charge in [0.2, 0.25) is 0 Å². The van der Waals surface area contributed by atoms with E-state index in [1.807, 2.05) is 41.9 Å². The van der Waals surface area contributed by atoms with Gasteiger partial charge in [0.25, 0.3) is 5.56 Å². The highest BCUT2D eigenvalue weighted by Crippen LogP contribution is 2.29. The van der Waals surface area contributed by atoms with Crippen LogP contribution in [-0.2, 0) is 6.54 Å². The topological polar surface area (TPSA) is 92.2 Å². The van der Waals surface area contributed by atoms with Crippen molar-refractivity contribution in [1.29, 1.82) is 0 Å². The number of hydrogen-bond donors (Lipinski definition) is 1. The summed E-state index contributed by atoms with van der Waals surface area (Å²) in [6, 6.07) is 13.8. The second kappa shape index (κ2) is 10.2. The van der Waals surface area contributed by atoms with E-state index in [-0.39, 0.29) is 11.6 Å². The lowest BCUT2D eigenvalue weighted by Crippen LogP contribution is -2.49. The molecule has 0 spiro atoms. The number of methoxy groups -OCH3 is 1. The molecule has 9 heteroatoms. The normalized spacial score (nSPS) is 15.9. The second-order valence-corrected chi connectivity index (χ2v) is 9.52. The minimum absolute atomic E-state index is 0.101. The molecule has 1 aliphatic rings. The van der Waals surface area contributed by atoms with Crippen LogP contribution in [0.25, 0.3) is 10.9 Å². The summed E-state index contributed by atoms with van der Waals surface area (Å²) in [5.41, 5.74) is 4.72. The number of rotatable bonds is 7. The molecule has 1 fully saturated rings. The number of nitrogens with zero attached hydrogens (tertiary/aromatic N) is 6. The molecule has 0 bridgehead atoms. The number of nitrogens with one attached hydrogen (secondary N) is 1. The average Bonchev–Trinajstić information content (AvgIpc) is 3.33. The maximum absolute atomic E-state index is 13.5. The molecule has 2 aromatic carbocycles. The zero-order valence-corrected chi connectivity index (χ0v) is 21.4. The van der Waals surface area contributed by atoms with E-state index in [1.165, 1.54) is 0 Å². The van der Waals surface area contributed by atoms with Gasteiger partial charge in [0.15, 0.2) is 5.82 Å². The van der Waals surface area contributed by atoms with Gasteiger partial charge >= 0.3 is 0 Å². The van der Waals surface area contributed by atoms with Crippen LogP contribution in [0.5, 0.6) is 5.75 Å². The lowest BCUT2D eigenvalue weighted by Gasteiger charge is -2.38. The molecule has 2 aromatic heterocycles. The third kappa shape index (κ3) is 4.76. The van der Waals surface area contributed by atoms with Crippen LogP contribution in [-0.4, -0.2) is 74.8 Å². The molecule has 0 amide bonds. The summed E-state index contributed by atoms with van der Waals surface area (Å²) in [5, 5.41) is 13.8. The first-order valence-electron chi connectivity index (χ1n) is 12.5. The molecule has 0 unspecified atom stereocenters. The highest BCUT2D eigenvalue weighted by molar-refractivity contribution is 5.83. The number of aromatic nitrogens is 5. The number of aryl methyl sites for hydroxylation is 2. The van der Waals surface area contributed by atoms with Gasteiger partial charge in [-0.25, -0.2) is 4.68 Å². The minimum atomic E-state index is -0.355. The quantitative estimate of drug-likeness (QED) is 0.429. The fourth-order valence-corrected chi connectivity index (χ4v) is 5.17. The number of H-pyrrole nitrogens is 1. The van der Waals surface area contributed by atoms with Crippen LogP contribution in [0, 0.1) is 13.8 Å². The summed E-state index contributed by atoms with van der Waals surface area (Å²) in [7, 11) is 1.65. The second-order valence-electron chi connectivity index (χ2n) is 9.52. The molecular formula is C27H33N7O2. The van der Waals surface area contributed by atoms with Crippen molar-refractivity contribution in [2.45, 2.75) is 33.4 Å². The van der Waals surface area contributed by atoms with Crippen LogP contribution in [0.2, 0.25) is 0 Å². The number of pyridine rings is 1. The van der Waals surface area contributed by atoms with E-state index in [1.54, 1.807) is 7.11 Å². The Morgan fingerprint density at radius 2 is 1.81 bits per heavy atom. The van der Waals surface area contributed by atoms with Crippen molar-refractivity contribution in [3.8, 4) is 5.75 Å². The maximum Gasteiger partial charge on any atom is 0.253 e. The molecule has 36 heavy (non-hydrogen) atoms. The number of likely N-dealkylation sites (N-methyl/N-ethyl adjacent to an activating group) is 1. The number of piperazine rings is 1. The van der Waals surface area contributed by atoms with Crippen molar-refractivity contribution in [2.24, 2.45) is 0 Å². The van der Waals surface area contributed by atoms with Crippen LogP contribution >= 0.6 is 0 Å². The number of fused-ring (bicyclic) bond motifs is 1. The fourth-order valence-electron chi connectivity index (χ4n) is 5.17. The summed E-state index contributed by atoms with van der Waals surface area (Å²) in [4.78, 5) is 21.4. The summed E-state index contributed by atoms with van der Waals surface area (Å²) < 4.78 is 7.10. The van der Waals surface area contributed by atoms with E-state index in [4.69, 9.17) is 4.74 Å². The number of aromatic amines is 1. The van der Waals surface area contributed by atoms with Crippen molar-refractivity contribution < 1.29 is 4.74 Å². The first-order valence-corrected chi connectivity index (χ1v) is 12.5. The molecule has 1 saturated heterocycles. The number of hydrogen-bond acceptors (Lipinski definition) is 7. The fraction of sp³-hybridized carbons (Fsp3) is 0.407. The molecular weight excluding hydrogens is 454 g/mol. The number of tetrazole rings is 1. The molecule has 0 saturated carbocycles. The molecule has 1 atom stereocenters. The van der Waals surface area contributed by atoms with Crippen LogP contribution < -0.4 is 10.3 Å². The summed E-state index contributed by atoms with van der Waals surface area (Å²) in [5.74, 6) is 1.47. The lowest BCUT2D eigenvalue weighted by molar-refractivity contribution is 0.108. The van der Waals surface area contributed by atoms with Crippen LogP contribution in [0.15, 0.2) is 47.3 Å². The standard InChI is InChI=1S/C27H33N7O2/c1-5-32-10-12-33(13-11-32)25(23-16-21-15-18(2)14-19(3)24(21)28-27(23)35)26-29-30-31-34(26)17-20-6-8-22(36-4)9-7-20/h6-9,14-16,25H,5,10-13,17H2,1-4H3,(H,28,35)/t25-/m0/s1. The van der Waals surface area contributed by atoms with Crippen molar-refractivity contribution >= 4 is 10.9 Å². The van der Waals surface area contributed by atoms with Gasteiger partial charge in [-0.1, -0.05) is 30.7 Å². The van der Waals surface area contributed by atoms with Gasteiger partial charge in [0.05, 0.1) is 19.2 Å². The number of benzene rings is 2. The largest absolute Gasteiger partial charge is 0.497 e. The van der Waals surface area contributed by atoms with Gasteiger partial charge < -0.3 is 14.6 Å². The van der Waals surface area contributed by atoms with E-state index in [0.717, 1.165) is 66.1 Å².